The first kappa shape index (κ1) is 12.0. The highest BCUT2D eigenvalue weighted by Crippen LogP contribution is 2.24. The molecule has 6 nitrogen and oxygen atoms in total. The molecule has 3 N–H and O–H groups in total. The molecule has 0 amide bonds. The third-order valence-electron chi connectivity index (χ3n) is 2.31. The second kappa shape index (κ2) is 4.06. The Hall–Kier alpha value is -1.51. The zero-order chi connectivity index (χ0) is 12.6. The van der Waals surface area contributed by atoms with E-state index in [1.807, 2.05) is 0 Å². The fraction of sp³-hybridized carbons (Fsp3) is 0.111. The van der Waals surface area contributed by atoms with Crippen LogP contribution in [0.3, 0.4) is 0 Å². The Morgan fingerprint density at radius 3 is 2.59 bits per heavy atom. The van der Waals surface area contributed by atoms with Crippen molar-refractivity contribution in [1.82, 2.24) is 14.8 Å². The van der Waals surface area contributed by atoms with Crippen LogP contribution >= 0.6 is 12.2 Å². The van der Waals surface area contributed by atoms with Gasteiger partial charge in [-0.2, -0.15) is 5.10 Å². The van der Waals surface area contributed by atoms with E-state index in [-0.39, 0.29) is 4.90 Å². The van der Waals surface area contributed by atoms with Gasteiger partial charge in [-0.3, -0.25) is 5.10 Å². The van der Waals surface area contributed by atoms with E-state index in [0.717, 1.165) is 0 Å². The Labute approximate surface area is 103 Å². The van der Waals surface area contributed by atoms with Gasteiger partial charge in [-0.1, -0.05) is 12.1 Å². The summed E-state index contributed by atoms with van der Waals surface area (Å²) in [7, 11) is -2.09. The summed E-state index contributed by atoms with van der Waals surface area (Å²) in [4.78, 5) is 0.0251. The molecule has 0 atom stereocenters. The molecule has 0 radical (unpaired) electrons. The molecule has 1 heterocycles. The predicted molar refractivity (Wildman–Crippen MR) is 65.2 cm³/mol. The van der Waals surface area contributed by atoms with Crippen molar-refractivity contribution in [1.29, 1.82) is 0 Å². The van der Waals surface area contributed by atoms with Crippen molar-refractivity contribution >= 4 is 22.2 Å². The molecule has 0 spiro atoms. The topological polar surface area (TPSA) is 93.8 Å². The minimum atomic E-state index is -3.79. The molecule has 17 heavy (non-hydrogen) atoms. The molecule has 0 aliphatic carbocycles. The number of hydrogen-bond donors (Lipinski definition) is 2. The summed E-state index contributed by atoms with van der Waals surface area (Å²) in [6.07, 6.45) is 0. The minimum absolute atomic E-state index is 0.0251. The number of rotatable bonds is 2. The second-order valence-electron chi connectivity index (χ2n) is 3.45. The van der Waals surface area contributed by atoms with Gasteiger partial charge in [-0.15, -0.1) is 0 Å². The lowest BCUT2D eigenvalue weighted by atomic mass is 10.2. The summed E-state index contributed by atoms with van der Waals surface area (Å²) < 4.78 is 24.9. The number of aromatic amines is 1. The monoisotopic (exact) mass is 270 g/mol. The van der Waals surface area contributed by atoms with Crippen LogP contribution in [0.1, 0.15) is 0 Å². The zero-order valence-corrected chi connectivity index (χ0v) is 10.5. The highest BCUT2D eigenvalue weighted by atomic mass is 32.2. The van der Waals surface area contributed by atoms with Gasteiger partial charge in [0.2, 0.25) is 10.0 Å². The Kier molecular flexibility index (Phi) is 2.86. The molecule has 1 aromatic carbocycles. The van der Waals surface area contributed by atoms with Crippen LogP contribution < -0.4 is 5.14 Å². The third kappa shape index (κ3) is 2.14. The third-order valence-corrected chi connectivity index (χ3v) is 3.65. The predicted octanol–water partition coefficient (Wildman–Crippen LogP) is 0.792. The number of hydrogen-bond acceptors (Lipinski definition) is 4. The van der Waals surface area contributed by atoms with Gasteiger partial charge in [0.1, 0.15) is 0 Å². The summed E-state index contributed by atoms with van der Waals surface area (Å²) in [5.41, 5.74) is 0.421. The van der Waals surface area contributed by atoms with E-state index >= 15 is 0 Å². The number of nitrogens with two attached hydrogens (primary N) is 1. The van der Waals surface area contributed by atoms with E-state index in [9.17, 15) is 8.42 Å². The maximum Gasteiger partial charge on any atom is 0.238 e. The SMILES string of the molecule is Cn1c(-c2ccccc2S(N)(=O)=O)n[nH]c1=S. The number of benzene rings is 1. The smallest absolute Gasteiger partial charge is 0.238 e. The average molecular weight is 270 g/mol. The van der Waals surface area contributed by atoms with E-state index in [0.29, 0.717) is 16.2 Å². The molecule has 0 aliphatic heterocycles. The van der Waals surface area contributed by atoms with Crippen LogP contribution in [0.25, 0.3) is 11.4 Å². The standard InChI is InChI=1S/C9H10N4O2S2/c1-13-8(11-12-9(13)16)6-4-2-3-5-7(6)17(10,14)15/h2-5H,1H3,(H,12,16)(H2,10,14,15). The fourth-order valence-corrected chi connectivity index (χ4v) is 2.35. The van der Waals surface area contributed by atoms with Crippen LogP contribution in [0.15, 0.2) is 29.2 Å². The molecule has 2 aromatic rings. The van der Waals surface area contributed by atoms with Crippen molar-refractivity contribution in [2.75, 3.05) is 0 Å². The van der Waals surface area contributed by atoms with E-state index in [2.05, 4.69) is 10.2 Å². The highest BCUT2D eigenvalue weighted by molar-refractivity contribution is 7.89. The first-order valence-electron chi connectivity index (χ1n) is 4.65. The second-order valence-corrected chi connectivity index (χ2v) is 5.37. The first-order valence-corrected chi connectivity index (χ1v) is 6.60. The van der Waals surface area contributed by atoms with E-state index in [1.54, 1.807) is 29.8 Å². The van der Waals surface area contributed by atoms with Crippen molar-refractivity contribution < 1.29 is 8.42 Å². The van der Waals surface area contributed by atoms with Crippen LogP contribution in [0.4, 0.5) is 0 Å². The van der Waals surface area contributed by atoms with E-state index in [1.165, 1.54) is 6.07 Å². The molecular formula is C9H10N4O2S2. The molecule has 0 fully saturated rings. The number of nitrogens with zero attached hydrogens (tertiary/aromatic N) is 2. The molecule has 90 valence electrons. The Bertz CT molecular complexity index is 715. The van der Waals surface area contributed by atoms with E-state index < -0.39 is 10.0 Å². The Morgan fingerprint density at radius 2 is 2.06 bits per heavy atom. The summed E-state index contributed by atoms with van der Waals surface area (Å²) >= 11 is 4.97. The molecule has 0 bridgehead atoms. The van der Waals surface area contributed by atoms with Crippen molar-refractivity contribution in [2.45, 2.75) is 4.90 Å². The Balaban J connectivity index is 2.77. The van der Waals surface area contributed by atoms with Crippen molar-refractivity contribution in [3.8, 4) is 11.4 Å². The van der Waals surface area contributed by atoms with Crippen LogP contribution in [0, 0.1) is 4.77 Å². The van der Waals surface area contributed by atoms with Gasteiger partial charge in [-0.25, -0.2) is 13.6 Å². The highest BCUT2D eigenvalue weighted by Gasteiger charge is 2.17. The van der Waals surface area contributed by atoms with Crippen molar-refractivity contribution in [3.63, 3.8) is 0 Å². The number of sulfonamides is 1. The molecule has 2 rings (SSSR count). The number of nitrogens with one attached hydrogen (secondary N) is 1. The van der Waals surface area contributed by atoms with Gasteiger partial charge in [0.15, 0.2) is 10.6 Å². The van der Waals surface area contributed by atoms with Crippen LogP contribution in [-0.4, -0.2) is 23.2 Å². The summed E-state index contributed by atoms with van der Waals surface area (Å²) in [5, 5.41) is 11.7. The van der Waals surface area contributed by atoms with Crippen molar-refractivity contribution in [2.24, 2.45) is 12.2 Å². The molecule has 0 aliphatic rings. The molecule has 0 saturated heterocycles. The largest absolute Gasteiger partial charge is 0.303 e. The molecule has 0 unspecified atom stereocenters. The summed E-state index contributed by atoms with van der Waals surface area (Å²) in [5.74, 6) is 0.430. The number of aromatic nitrogens is 3. The van der Waals surface area contributed by atoms with Gasteiger partial charge in [0, 0.05) is 12.6 Å². The number of H-pyrrole nitrogens is 1. The summed E-state index contributed by atoms with van der Waals surface area (Å²) in [6, 6.07) is 6.37. The number of primary sulfonamides is 1. The van der Waals surface area contributed by atoms with Crippen molar-refractivity contribution in [3.05, 3.63) is 29.0 Å². The van der Waals surface area contributed by atoms with Crippen LogP contribution in [0.2, 0.25) is 0 Å². The van der Waals surface area contributed by atoms with Gasteiger partial charge < -0.3 is 4.57 Å². The lowest BCUT2D eigenvalue weighted by Crippen LogP contribution is -2.14. The van der Waals surface area contributed by atoms with Gasteiger partial charge in [0.25, 0.3) is 0 Å². The zero-order valence-electron chi connectivity index (χ0n) is 8.91. The van der Waals surface area contributed by atoms with Gasteiger partial charge >= 0.3 is 0 Å². The molecule has 1 aromatic heterocycles. The maximum atomic E-state index is 11.4. The minimum Gasteiger partial charge on any atom is -0.303 e. The Morgan fingerprint density at radius 1 is 1.41 bits per heavy atom. The molecular weight excluding hydrogens is 260 g/mol. The molecule has 0 saturated carbocycles. The van der Waals surface area contributed by atoms with Crippen LogP contribution in [-0.2, 0) is 17.1 Å². The van der Waals surface area contributed by atoms with Gasteiger partial charge in [-0.05, 0) is 24.4 Å². The lowest BCUT2D eigenvalue weighted by Gasteiger charge is -2.06. The van der Waals surface area contributed by atoms with Gasteiger partial charge in [0.05, 0.1) is 4.90 Å². The molecule has 8 heteroatoms. The fourth-order valence-electron chi connectivity index (χ4n) is 1.49. The average Bonchev–Trinajstić information content (AvgIpc) is 2.59. The quantitative estimate of drug-likeness (QED) is 0.789. The van der Waals surface area contributed by atoms with Crippen LogP contribution in [0.5, 0.6) is 0 Å². The summed E-state index contributed by atoms with van der Waals surface area (Å²) in [6.45, 7) is 0. The normalized spacial score (nSPS) is 11.6. The van der Waals surface area contributed by atoms with E-state index in [4.69, 9.17) is 17.4 Å². The first-order chi connectivity index (χ1) is 7.91. The maximum absolute atomic E-state index is 11.4. The lowest BCUT2D eigenvalue weighted by molar-refractivity contribution is 0.598.